The molecule has 0 radical (unpaired) electrons. The van der Waals surface area contributed by atoms with Gasteiger partial charge in [-0.15, -0.1) is 0 Å². The number of rotatable bonds is 4. The molecule has 4 rings (SSSR count). The molecule has 2 aromatic heterocycles. The number of nitrogens with one attached hydrogen (secondary N) is 1. The highest BCUT2D eigenvalue weighted by Gasteiger charge is 2.42. The van der Waals surface area contributed by atoms with Crippen molar-refractivity contribution in [1.29, 1.82) is 0 Å². The summed E-state index contributed by atoms with van der Waals surface area (Å²) in [5.41, 5.74) is 5.55. The molecule has 0 amide bonds. The van der Waals surface area contributed by atoms with Crippen molar-refractivity contribution in [3.63, 3.8) is 0 Å². The molecule has 3 heterocycles. The van der Waals surface area contributed by atoms with Crippen LogP contribution < -0.4 is 5.32 Å². The first-order valence-corrected chi connectivity index (χ1v) is 10.3. The van der Waals surface area contributed by atoms with E-state index in [1.54, 1.807) is 12.1 Å². The smallest absolute Gasteiger partial charge is 0.170 e. The third-order valence-corrected chi connectivity index (χ3v) is 5.92. The molecule has 1 fully saturated rings. The highest BCUT2D eigenvalue weighted by molar-refractivity contribution is 7.80. The van der Waals surface area contributed by atoms with Crippen LogP contribution in [0.1, 0.15) is 48.6 Å². The van der Waals surface area contributed by atoms with Gasteiger partial charge >= 0.3 is 0 Å². The summed E-state index contributed by atoms with van der Waals surface area (Å²) in [6.07, 6.45) is 1.83. The molecule has 5 nitrogen and oxygen atoms in total. The average Bonchev–Trinajstić information content (AvgIpc) is 3.19. The zero-order valence-electron chi connectivity index (χ0n) is 17.1. The van der Waals surface area contributed by atoms with Crippen molar-refractivity contribution in [2.45, 2.75) is 45.8 Å². The summed E-state index contributed by atoms with van der Waals surface area (Å²) in [7, 11) is 0. The maximum atomic E-state index is 9.66. The molecule has 1 aliphatic heterocycles. The second kappa shape index (κ2) is 7.52. The number of aromatic nitrogens is 2. The van der Waals surface area contributed by atoms with E-state index < -0.39 is 0 Å². The van der Waals surface area contributed by atoms with E-state index in [2.05, 4.69) is 59.6 Å². The lowest BCUT2D eigenvalue weighted by atomic mass is 9.96. The number of pyridine rings is 1. The molecule has 1 saturated heterocycles. The number of aryl methyl sites for hydroxylation is 1. The molecule has 6 heteroatoms. The van der Waals surface area contributed by atoms with Gasteiger partial charge < -0.3 is 19.9 Å². The van der Waals surface area contributed by atoms with Crippen molar-refractivity contribution in [3.8, 4) is 11.4 Å². The van der Waals surface area contributed by atoms with Gasteiger partial charge in [0.15, 0.2) is 5.11 Å². The zero-order chi connectivity index (χ0) is 20.7. The van der Waals surface area contributed by atoms with Gasteiger partial charge in [-0.1, -0.05) is 6.07 Å². The Kier molecular flexibility index (Phi) is 5.04. The Morgan fingerprint density at radius 2 is 1.83 bits per heavy atom. The van der Waals surface area contributed by atoms with Gasteiger partial charge in [0.2, 0.25) is 0 Å². The van der Waals surface area contributed by atoms with Gasteiger partial charge in [0.25, 0.3) is 0 Å². The first-order valence-electron chi connectivity index (χ1n) is 9.86. The SMILES string of the molecule is Cc1cc([C@H]2[C@@H](c3ccccn3)NC(=S)N2C(C)C)c(C)n1-c1ccc(O)cc1. The highest BCUT2D eigenvalue weighted by atomic mass is 32.1. The first-order chi connectivity index (χ1) is 13.9. The number of phenols is 1. The third-order valence-electron chi connectivity index (χ3n) is 5.59. The van der Waals surface area contributed by atoms with Crippen molar-refractivity contribution >= 4 is 17.3 Å². The van der Waals surface area contributed by atoms with Crippen LogP contribution in [0, 0.1) is 13.8 Å². The van der Waals surface area contributed by atoms with Crippen molar-refractivity contribution in [1.82, 2.24) is 19.8 Å². The molecule has 0 unspecified atom stereocenters. The van der Waals surface area contributed by atoms with E-state index >= 15 is 0 Å². The minimum Gasteiger partial charge on any atom is -0.508 e. The number of nitrogens with zero attached hydrogens (tertiary/aromatic N) is 3. The van der Waals surface area contributed by atoms with Crippen LogP contribution in [0.4, 0.5) is 0 Å². The van der Waals surface area contributed by atoms with Crippen molar-refractivity contribution in [3.05, 3.63) is 77.4 Å². The van der Waals surface area contributed by atoms with E-state index in [1.165, 1.54) is 5.56 Å². The standard InChI is InChI=1S/C23H26N4OS/c1-14(2)26-22(21(25-23(26)29)20-7-5-6-12-24-20)19-13-15(3)27(16(19)4)17-8-10-18(28)11-9-17/h5-14,21-22,28H,1-4H3,(H,25,29)/t21-,22+/m1/s1. The first kappa shape index (κ1) is 19.5. The molecule has 2 atom stereocenters. The molecule has 3 aromatic rings. The quantitative estimate of drug-likeness (QED) is 0.622. The van der Waals surface area contributed by atoms with Crippen LogP contribution in [0.5, 0.6) is 5.75 Å². The summed E-state index contributed by atoms with van der Waals surface area (Å²) in [6, 6.07) is 15.9. The lowest BCUT2D eigenvalue weighted by molar-refractivity contribution is 0.269. The van der Waals surface area contributed by atoms with Crippen molar-refractivity contribution in [2.75, 3.05) is 0 Å². The van der Waals surface area contributed by atoms with E-state index in [-0.39, 0.29) is 23.9 Å². The fourth-order valence-electron chi connectivity index (χ4n) is 4.34. The van der Waals surface area contributed by atoms with E-state index in [0.717, 1.165) is 27.9 Å². The second-order valence-electron chi connectivity index (χ2n) is 7.81. The maximum Gasteiger partial charge on any atom is 0.170 e. The Bertz CT molecular complexity index is 1030. The Hall–Kier alpha value is -2.86. The van der Waals surface area contributed by atoms with E-state index in [0.29, 0.717) is 0 Å². The molecule has 2 N–H and O–H groups in total. The van der Waals surface area contributed by atoms with Crippen LogP contribution in [0.15, 0.2) is 54.7 Å². The Morgan fingerprint density at radius 3 is 2.45 bits per heavy atom. The monoisotopic (exact) mass is 406 g/mol. The minimum atomic E-state index is -0.0140. The van der Waals surface area contributed by atoms with Crippen LogP contribution >= 0.6 is 12.2 Å². The maximum absolute atomic E-state index is 9.66. The number of aromatic hydroxyl groups is 1. The van der Waals surface area contributed by atoms with Gasteiger partial charge in [-0.25, -0.2) is 0 Å². The predicted molar refractivity (Wildman–Crippen MR) is 119 cm³/mol. The Morgan fingerprint density at radius 1 is 1.10 bits per heavy atom. The van der Waals surface area contributed by atoms with Crippen LogP contribution in [-0.2, 0) is 0 Å². The summed E-state index contributed by atoms with van der Waals surface area (Å²) < 4.78 is 2.23. The number of phenolic OH excluding ortho intramolecular Hbond substituents is 1. The molecule has 0 saturated carbocycles. The van der Waals surface area contributed by atoms with Crippen molar-refractivity contribution in [2.24, 2.45) is 0 Å². The molecule has 1 aromatic carbocycles. The molecule has 0 bridgehead atoms. The fourth-order valence-corrected chi connectivity index (χ4v) is 4.79. The van der Waals surface area contributed by atoms with Gasteiger partial charge in [0.1, 0.15) is 5.75 Å². The van der Waals surface area contributed by atoms with Crippen LogP contribution in [0.25, 0.3) is 5.69 Å². The minimum absolute atomic E-state index is 0.0140. The summed E-state index contributed by atoms with van der Waals surface area (Å²) in [6.45, 7) is 8.59. The lowest BCUT2D eigenvalue weighted by Crippen LogP contribution is -2.35. The zero-order valence-corrected chi connectivity index (χ0v) is 17.9. The highest BCUT2D eigenvalue weighted by Crippen LogP contribution is 2.42. The third kappa shape index (κ3) is 3.38. The molecular weight excluding hydrogens is 380 g/mol. The second-order valence-corrected chi connectivity index (χ2v) is 8.19. The number of thiocarbonyl (C=S) groups is 1. The van der Waals surface area contributed by atoms with E-state index in [4.69, 9.17) is 12.2 Å². The van der Waals surface area contributed by atoms with E-state index in [1.807, 2.05) is 30.5 Å². The van der Waals surface area contributed by atoms with Gasteiger partial charge in [0, 0.05) is 29.3 Å². The average molecular weight is 407 g/mol. The summed E-state index contributed by atoms with van der Waals surface area (Å²) >= 11 is 5.71. The molecule has 0 spiro atoms. The Balaban J connectivity index is 1.85. The van der Waals surface area contributed by atoms with Gasteiger partial charge in [-0.3, -0.25) is 4.98 Å². The summed E-state index contributed by atoms with van der Waals surface area (Å²) in [5, 5.41) is 13.9. The van der Waals surface area contributed by atoms with Crippen LogP contribution in [0.3, 0.4) is 0 Å². The van der Waals surface area contributed by atoms with Gasteiger partial charge in [-0.05, 0) is 87.9 Å². The van der Waals surface area contributed by atoms with E-state index in [9.17, 15) is 5.11 Å². The summed E-state index contributed by atoms with van der Waals surface area (Å²) in [4.78, 5) is 6.88. The van der Waals surface area contributed by atoms with Crippen LogP contribution in [-0.4, -0.2) is 30.7 Å². The molecular formula is C23H26N4OS. The predicted octanol–water partition coefficient (Wildman–Crippen LogP) is 4.58. The topological polar surface area (TPSA) is 53.3 Å². The normalized spacial score (nSPS) is 19.1. The number of benzene rings is 1. The largest absolute Gasteiger partial charge is 0.508 e. The van der Waals surface area contributed by atoms with Gasteiger partial charge in [0.05, 0.1) is 17.8 Å². The van der Waals surface area contributed by atoms with Gasteiger partial charge in [-0.2, -0.15) is 0 Å². The van der Waals surface area contributed by atoms with Crippen LogP contribution in [0.2, 0.25) is 0 Å². The molecule has 29 heavy (non-hydrogen) atoms. The van der Waals surface area contributed by atoms with Crippen molar-refractivity contribution < 1.29 is 5.11 Å². The Labute approximate surface area is 177 Å². The number of hydrogen-bond donors (Lipinski definition) is 2. The summed E-state index contributed by atoms with van der Waals surface area (Å²) in [5.74, 6) is 0.267. The number of hydrogen-bond acceptors (Lipinski definition) is 3. The molecule has 150 valence electrons. The lowest BCUT2D eigenvalue weighted by Gasteiger charge is -2.31. The fraction of sp³-hybridized carbons (Fsp3) is 0.304. The molecule has 0 aliphatic carbocycles. The molecule has 1 aliphatic rings.